The molecule has 3 N–H and O–H groups in total. The van der Waals surface area contributed by atoms with Crippen molar-refractivity contribution < 1.29 is 36.6 Å². The first-order chi connectivity index (χ1) is 17.5. The van der Waals surface area contributed by atoms with E-state index in [1.807, 2.05) is 0 Å². The van der Waals surface area contributed by atoms with Crippen LogP contribution in [-0.4, -0.2) is 66.5 Å². The predicted molar refractivity (Wildman–Crippen MR) is 127 cm³/mol. The van der Waals surface area contributed by atoms with E-state index in [1.165, 1.54) is 24.3 Å². The van der Waals surface area contributed by atoms with E-state index < -0.39 is 23.2 Å². The number of rotatable bonds is 6. The van der Waals surface area contributed by atoms with Crippen molar-refractivity contribution in [3.63, 3.8) is 0 Å². The van der Waals surface area contributed by atoms with Crippen LogP contribution in [0, 0.1) is 5.82 Å². The fourth-order valence-electron chi connectivity index (χ4n) is 4.49. The molecule has 8 nitrogen and oxygen atoms in total. The number of piperazine rings is 1. The van der Waals surface area contributed by atoms with Gasteiger partial charge in [-0.25, -0.2) is 9.18 Å². The minimum absolute atomic E-state index is 0.00344. The third kappa shape index (κ3) is 6.90. The van der Waals surface area contributed by atoms with Crippen molar-refractivity contribution in [2.24, 2.45) is 5.73 Å². The van der Waals surface area contributed by atoms with E-state index in [1.54, 1.807) is 17.0 Å². The number of nitrogens with two attached hydrogens (primary N) is 1. The molecular weight excluding hydrogens is 520 g/mol. The number of hydrogen-bond acceptors (Lipinski definition) is 5. The summed E-state index contributed by atoms with van der Waals surface area (Å²) in [5.74, 6) is -1.39. The maximum atomic E-state index is 13.2. The molecule has 2 saturated heterocycles. The Balaban J connectivity index is 1.51. The molecule has 2 unspecified atom stereocenters. The van der Waals surface area contributed by atoms with Gasteiger partial charge in [0.15, 0.2) is 0 Å². The second-order valence-corrected chi connectivity index (χ2v) is 9.06. The Morgan fingerprint density at radius 2 is 1.81 bits per heavy atom. The van der Waals surface area contributed by atoms with Crippen LogP contribution in [0.3, 0.4) is 0 Å². The van der Waals surface area contributed by atoms with E-state index in [0.717, 1.165) is 17.7 Å². The predicted octanol–water partition coefficient (Wildman–Crippen LogP) is 3.99. The number of morpholine rings is 1. The molecular formula is C24H23ClF4N4O4. The van der Waals surface area contributed by atoms with Crippen molar-refractivity contribution in [1.82, 2.24) is 9.80 Å². The maximum absolute atomic E-state index is 13.2. The van der Waals surface area contributed by atoms with Gasteiger partial charge in [0.2, 0.25) is 5.91 Å². The van der Waals surface area contributed by atoms with E-state index in [4.69, 9.17) is 22.1 Å². The molecule has 13 heteroatoms. The Hall–Kier alpha value is -3.35. The Kier molecular flexibility index (Phi) is 7.90. The van der Waals surface area contributed by atoms with Crippen molar-refractivity contribution in [3.8, 4) is 5.75 Å². The fourth-order valence-corrected chi connectivity index (χ4v) is 4.69. The average Bonchev–Trinajstić information content (AvgIpc) is 2.79. The van der Waals surface area contributed by atoms with Crippen molar-refractivity contribution in [2.75, 3.05) is 31.6 Å². The van der Waals surface area contributed by atoms with E-state index in [2.05, 4.69) is 15.0 Å². The minimum atomic E-state index is -5.00. The summed E-state index contributed by atoms with van der Waals surface area (Å²) in [7, 11) is 0. The zero-order valence-electron chi connectivity index (χ0n) is 19.3. The van der Waals surface area contributed by atoms with Gasteiger partial charge in [-0.1, -0.05) is 23.7 Å². The summed E-state index contributed by atoms with van der Waals surface area (Å²) >= 11 is 5.87. The molecule has 2 bridgehead atoms. The zero-order valence-corrected chi connectivity index (χ0v) is 20.1. The van der Waals surface area contributed by atoms with Crippen molar-refractivity contribution >= 4 is 35.3 Å². The first-order valence-electron chi connectivity index (χ1n) is 11.2. The normalized spacial score (nSPS) is 20.2. The highest BCUT2D eigenvalue weighted by Gasteiger charge is 2.40. The minimum Gasteiger partial charge on any atom is -0.404 e. The molecule has 0 saturated carbocycles. The monoisotopic (exact) mass is 542 g/mol. The number of anilines is 1. The lowest BCUT2D eigenvalue weighted by molar-refractivity contribution is -0.274. The van der Waals surface area contributed by atoms with Crippen LogP contribution < -0.4 is 15.8 Å². The van der Waals surface area contributed by atoms with Crippen LogP contribution in [0.1, 0.15) is 11.1 Å². The first-order valence-corrected chi connectivity index (χ1v) is 11.6. The number of benzene rings is 2. The van der Waals surface area contributed by atoms with Gasteiger partial charge in [-0.3, -0.25) is 9.69 Å². The number of carbonyl (C=O) groups is 2. The Labute approximate surface area is 214 Å². The van der Waals surface area contributed by atoms with E-state index in [0.29, 0.717) is 32.8 Å². The molecule has 2 aliphatic rings. The molecule has 2 aromatic carbocycles. The lowest BCUT2D eigenvalue weighted by atomic mass is 10.0. The first kappa shape index (κ1) is 26.7. The molecule has 3 amide bonds. The highest BCUT2D eigenvalue weighted by Crippen LogP contribution is 2.35. The molecule has 2 heterocycles. The third-order valence-electron chi connectivity index (χ3n) is 5.91. The third-order valence-corrected chi connectivity index (χ3v) is 6.21. The lowest BCUT2D eigenvalue weighted by Crippen LogP contribution is -2.65. The van der Waals surface area contributed by atoms with Gasteiger partial charge < -0.3 is 25.4 Å². The highest BCUT2D eigenvalue weighted by atomic mass is 35.5. The summed E-state index contributed by atoms with van der Waals surface area (Å²) in [6.07, 6.45) is -2.54. The van der Waals surface area contributed by atoms with Gasteiger partial charge in [-0.05, 0) is 35.9 Å². The number of hydrogen-bond donors (Lipinski definition) is 2. The maximum Gasteiger partial charge on any atom is 0.573 e. The summed E-state index contributed by atoms with van der Waals surface area (Å²) < 4.78 is 61.1. The van der Waals surface area contributed by atoms with Crippen molar-refractivity contribution in [3.05, 3.63) is 64.4 Å². The van der Waals surface area contributed by atoms with Gasteiger partial charge in [0, 0.05) is 31.3 Å². The van der Waals surface area contributed by atoms with Gasteiger partial charge >= 0.3 is 12.4 Å². The summed E-state index contributed by atoms with van der Waals surface area (Å²) in [5.41, 5.74) is 6.13. The molecule has 2 aliphatic heterocycles. The van der Waals surface area contributed by atoms with Crippen LogP contribution in [0.25, 0.3) is 6.08 Å². The molecule has 0 aromatic heterocycles. The van der Waals surface area contributed by atoms with Crippen LogP contribution in [-0.2, 0) is 16.1 Å². The Bertz CT molecular complexity index is 1180. The Morgan fingerprint density at radius 3 is 2.41 bits per heavy atom. The number of alkyl halides is 3. The number of primary amides is 1. The van der Waals surface area contributed by atoms with Crippen molar-refractivity contribution in [1.29, 1.82) is 0 Å². The van der Waals surface area contributed by atoms with Crippen LogP contribution in [0.4, 0.5) is 28.0 Å². The summed E-state index contributed by atoms with van der Waals surface area (Å²) in [6, 6.07) is 6.73. The second-order valence-electron chi connectivity index (χ2n) is 8.65. The van der Waals surface area contributed by atoms with E-state index in [9.17, 15) is 27.2 Å². The summed E-state index contributed by atoms with van der Waals surface area (Å²) in [6.45, 7) is 2.25. The zero-order chi connectivity index (χ0) is 26.7. The van der Waals surface area contributed by atoms with Gasteiger partial charge in [0.25, 0.3) is 0 Å². The van der Waals surface area contributed by atoms with E-state index in [-0.39, 0.29) is 35.1 Å². The Morgan fingerprint density at radius 1 is 1.16 bits per heavy atom. The molecule has 0 aliphatic carbocycles. The van der Waals surface area contributed by atoms with Crippen molar-refractivity contribution in [2.45, 2.75) is 25.0 Å². The van der Waals surface area contributed by atoms with Gasteiger partial charge in [0.1, 0.15) is 11.6 Å². The standard InChI is InChI=1S/C24H23ClF4N4O4/c25-19-8-20(31-23(30)35)15(7-21(19)37-24(27,28)29)3-6-22(34)33-17-10-32(11-18(33)13-36-12-17)9-14-1-4-16(26)5-2-14/h1-8,17-18H,9-13H2,(H3,30,31,35). The SMILES string of the molecule is NC(=O)Nc1cc(Cl)c(OC(F)(F)F)cc1C=CC(=O)N1C2COCC1CN(Cc1ccc(F)cc1)C2. The smallest absolute Gasteiger partial charge is 0.404 e. The second kappa shape index (κ2) is 11.0. The molecule has 0 spiro atoms. The molecule has 2 atom stereocenters. The fraction of sp³-hybridized carbons (Fsp3) is 0.333. The number of nitrogens with zero attached hydrogens (tertiary/aromatic N) is 2. The summed E-state index contributed by atoms with van der Waals surface area (Å²) in [4.78, 5) is 28.4. The topological polar surface area (TPSA) is 97.1 Å². The van der Waals surface area contributed by atoms with Crippen LogP contribution in [0.2, 0.25) is 5.02 Å². The number of amides is 3. The number of ether oxygens (including phenoxy) is 2. The molecule has 2 aromatic rings. The van der Waals surface area contributed by atoms with Crippen LogP contribution >= 0.6 is 11.6 Å². The van der Waals surface area contributed by atoms with E-state index >= 15 is 0 Å². The number of carbonyl (C=O) groups excluding carboxylic acids is 2. The number of halogens is 5. The average molecular weight is 543 g/mol. The number of fused-ring (bicyclic) bond motifs is 2. The van der Waals surface area contributed by atoms with Crippen LogP contribution in [0.15, 0.2) is 42.5 Å². The number of nitrogens with one attached hydrogen (secondary N) is 1. The summed E-state index contributed by atoms with van der Waals surface area (Å²) in [5, 5.41) is 1.86. The quantitative estimate of drug-likeness (QED) is 0.425. The molecule has 2 fully saturated rings. The van der Waals surface area contributed by atoms with Gasteiger partial charge in [-0.2, -0.15) is 0 Å². The molecule has 4 rings (SSSR count). The van der Waals surface area contributed by atoms with Crippen LogP contribution in [0.5, 0.6) is 5.75 Å². The van der Waals surface area contributed by atoms with Gasteiger partial charge in [0.05, 0.1) is 36.0 Å². The lowest BCUT2D eigenvalue weighted by Gasteiger charge is -2.49. The van der Waals surface area contributed by atoms with Gasteiger partial charge in [-0.15, -0.1) is 13.2 Å². The highest BCUT2D eigenvalue weighted by molar-refractivity contribution is 6.32. The molecule has 198 valence electrons. The molecule has 0 radical (unpaired) electrons. The largest absolute Gasteiger partial charge is 0.573 e. The molecule has 37 heavy (non-hydrogen) atoms. The number of urea groups is 1.